The number of hydrogen-bond donors (Lipinski definition) is 1. The lowest BCUT2D eigenvalue weighted by Crippen LogP contribution is -2.13. The Labute approximate surface area is 146 Å². The Hall–Kier alpha value is -1.42. The maximum absolute atomic E-state index is 12.4. The number of methoxy groups -OCH3 is 2. The molecule has 8 heteroatoms. The fourth-order valence-corrected chi connectivity index (χ4v) is 3.33. The number of aromatic nitrogens is 2. The van der Waals surface area contributed by atoms with Crippen molar-refractivity contribution in [1.29, 1.82) is 0 Å². The predicted molar refractivity (Wildman–Crippen MR) is 94.1 cm³/mol. The molecule has 0 spiro atoms. The van der Waals surface area contributed by atoms with Crippen molar-refractivity contribution in [1.82, 2.24) is 10.2 Å². The summed E-state index contributed by atoms with van der Waals surface area (Å²) in [6.07, 6.45) is 1.86. The molecule has 118 valence electrons. The van der Waals surface area contributed by atoms with Crippen molar-refractivity contribution < 1.29 is 14.3 Å². The lowest BCUT2D eigenvalue weighted by Gasteiger charge is -2.11. The molecule has 1 aromatic heterocycles. The average molecular weight is 433 g/mol. The van der Waals surface area contributed by atoms with Crippen molar-refractivity contribution in [2.24, 2.45) is 0 Å². The number of rotatable bonds is 6. The average Bonchev–Trinajstić information content (AvgIpc) is 2.94. The molecule has 0 aliphatic rings. The summed E-state index contributed by atoms with van der Waals surface area (Å²) in [6, 6.07) is 3.42. The quantitative estimate of drug-likeness (QED) is 0.708. The minimum atomic E-state index is -0.246. The van der Waals surface area contributed by atoms with Gasteiger partial charge in [0.25, 0.3) is 5.91 Å². The Morgan fingerprint density at radius 1 is 1.27 bits per heavy atom. The zero-order valence-corrected chi connectivity index (χ0v) is 15.4. The van der Waals surface area contributed by atoms with Crippen LogP contribution in [0.3, 0.4) is 0 Å². The first-order valence-electron chi connectivity index (χ1n) is 6.64. The van der Waals surface area contributed by atoms with E-state index in [0.717, 1.165) is 21.4 Å². The fourth-order valence-electron chi connectivity index (χ4n) is 1.81. The second kappa shape index (κ2) is 7.73. The molecule has 1 heterocycles. The number of carbonyl (C=O) groups excluding carboxylic acids is 1. The highest BCUT2D eigenvalue weighted by Gasteiger charge is 2.17. The molecule has 1 N–H and O–H groups in total. The normalized spacial score (nSPS) is 10.4. The van der Waals surface area contributed by atoms with E-state index >= 15 is 0 Å². The van der Waals surface area contributed by atoms with Crippen LogP contribution >= 0.6 is 33.9 Å². The van der Waals surface area contributed by atoms with E-state index in [0.29, 0.717) is 22.2 Å². The van der Waals surface area contributed by atoms with E-state index in [1.165, 1.54) is 18.4 Å². The predicted octanol–water partition coefficient (Wildman–Crippen LogP) is 3.36. The van der Waals surface area contributed by atoms with E-state index in [1.807, 2.05) is 0 Å². The van der Waals surface area contributed by atoms with Crippen molar-refractivity contribution in [3.05, 3.63) is 26.3 Å². The lowest BCUT2D eigenvalue weighted by atomic mass is 10.2. The van der Waals surface area contributed by atoms with Crippen LogP contribution in [0, 0.1) is 3.57 Å². The number of amides is 1. The van der Waals surface area contributed by atoms with Crippen molar-refractivity contribution in [2.75, 3.05) is 19.5 Å². The van der Waals surface area contributed by atoms with Gasteiger partial charge in [-0.3, -0.25) is 10.1 Å². The number of halogens is 1. The van der Waals surface area contributed by atoms with Crippen molar-refractivity contribution in [2.45, 2.75) is 19.8 Å². The third-order valence-corrected chi connectivity index (χ3v) is 4.66. The van der Waals surface area contributed by atoms with Gasteiger partial charge in [-0.2, -0.15) is 0 Å². The monoisotopic (exact) mass is 433 g/mol. The molecule has 22 heavy (non-hydrogen) atoms. The zero-order chi connectivity index (χ0) is 16.1. The summed E-state index contributed by atoms with van der Waals surface area (Å²) in [6.45, 7) is 2.08. The summed E-state index contributed by atoms with van der Waals surface area (Å²) in [5, 5.41) is 12.2. The van der Waals surface area contributed by atoms with E-state index in [1.54, 1.807) is 19.2 Å². The highest BCUT2D eigenvalue weighted by Crippen LogP contribution is 2.31. The van der Waals surface area contributed by atoms with Gasteiger partial charge in [-0.05, 0) is 41.1 Å². The van der Waals surface area contributed by atoms with Gasteiger partial charge in [-0.15, -0.1) is 10.2 Å². The van der Waals surface area contributed by atoms with Crippen LogP contribution in [-0.2, 0) is 6.42 Å². The summed E-state index contributed by atoms with van der Waals surface area (Å²) in [4.78, 5) is 12.4. The van der Waals surface area contributed by atoms with Crippen molar-refractivity contribution in [3.8, 4) is 11.5 Å². The maximum Gasteiger partial charge on any atom is 0.258 e. The van der Waals surface area contributed by atoms with Crippen LogP contribution < -0.4 is 14.8 Å². The molecule has 0 unspecified atom stereocenters. The number of benzene rings is 1. The molecule has 0 bridgehead atoms. The summed E-state index contributed by atoms with van der Waals surface area (Å²) in [5.74, 6) is 0.853. The summed E-state index contributed by atoms with van der Waals surface area (Å²) in [7, 11) is 3.10. The molecular formula is C14H16IN3O3S. The summed E-state index contributed by atoms with van der Waals surface area (Å²) < 4.78 is 11.2. The number of hydrogen-bond acceptors (Lipinski definition) is 6. The van der Waals surface area contributed by atoms with Crippen LogP contribution in [0.1, 0.15) is 28.7 Å². The fraction of sp³-hybridized carbons (Fsp3) is 0.357. The minimum absolute atomic E-state index is 0.246. The van der Waals surface area contributed by atoms with Gasteiger partial charge in [0.1, 0.15) is 5.01 Å². The lowest BCUT2D eigenvalue weighted by molar-refractivity contribution is 0.102. The number of ether oxygens (including phenoxy) is 2. The molecule has 0 fully saturated rings. The van der Waals surface area contributed by atoms with Gasteiger partial charge in [-0.25, -0.2) is 0 Å². The Balaban J connectivity index is 2.21. The first-order chi connectivity index (χ1) is 10.6. The van der Waals surface area contributed by atoms with Crippen LogP contribution in [0.5, 0.6) is 11.5 Å². The van der Waals surface area contributed by atoms with E-state index in [2.05, 4.69) is 45.0 Å². The SMILES string of the molecule is CCCc1nnc(NC(=O)c2cc(OC)c(OC)cc2I)s1. The Morgan fingerprint density at radius 2 is 1.95 bits per heavy atom. The molecule has 6 nitrogen and oxygen atoms in total. The van der Waals surface area contributed by atoms with E-state index in [-0.39, 0.29) is 5.91 Å². The number of nitrogens with zero attached hydrogens (tertiary/aromatic N) is 2. The number of carbonyl (C=O) groups is 1. The molecule has 0 aliphatic heterocycles. The summed E-state index contributed by atoms with van der Waals surface area (Å²) in [5.41, 5.74) is 0.505. The molecule has 0 saturated carbocycles. The van der Waals surface area contributed by atoms with E-state index in [4.69, 9.17) is 9.47 Å². The second-order valence-electron chi connectivity index (χ2n) is 4.39. The van der Waals surface area contributed by atoms with Gasteiger partial charge in [0.2, 0.25) is 5.13 Å². The largest absolute Gasteiger partial charge is 0.493 e. The van der Waals surface area contributed by atoms with Gasteiger partial charge in [0, 0.05) is 9.99 Å². The van der Waals surface area contributed by atoms with Gasteiger partial charge in [0.05, 0.1) is 19.8 Å². The van der Waals surface area contributed by atoms with Gasteiger partial charge in [0.15, 0.2) is 11.5 Å². The summed E-state index contributed by atoms with van der Waals surface area (Å²) >= 11 is 3.48. The van der Waals surface area contributed by atoms with Gasteiger partial charge < -0.3 is 9.47 Å². The standard InChI is InChI=1S/C14H16IN3O3S/c1-4-5-12-17-18-14(22-12)16-13(19)8-6-10(20-2)11(21-3)7-9(8)15/h6-7H,4-5H2,1-3H3,(H,16,18,19). The molecule has 0 aliphatic carbocycles. The molecule has 2 aromatic rings. The topological polar surface area (TPSA) is 73.3 Å². The first-order valence-corrected chi connectivity index (χ1v) is 8.53. The Bertz CT molecular complexity index is 675. The molecule has 0 atom stereocenters. The third-order valence-electron chi connectivity index (χ3n) is 2.87. The van der Waals surface area contributed by atoms with Crippen LogP contribution in [0.2, 0.25) is 0 Å². The molecule has 1 aromatic carbocycles. The minimum Gasteiger partial charge on any atom is -0.493 e. The molecule has 0 saturated heterocycles. The van der Waals surface area contributed by atoms with Crippen molar-refractivity contribution in [3.63, 3.8) is 0 Å². The molecular weight excluding hydrogens is 417 g/mol. The number of aryl methyl sites for hydroxylation is 1. The number of nitrogens with one attached hydrogen (secondary N) is 1. The van der Waals surface area contributed by atoms with E-state index in [9.17, 15) is 4.79 Å². The van der Waals surface area contributed by atoms with Crippen LogP contribution in [0.25, 0.3) is 0 Å². The molecule has 0 radical (unpaired) electrons. The number of anilines is 1. The second-order valence-corrected chi connectivity index (χ2v) is 6.62. The van der Waals surface area contributed by atoms with E-state index < -0.39 is 0 Å². The third kappa shape index (κ3) is 3.86. The smallest absolute Gasteiger partial charge is 0.258 e. The first kappa shape index (κ1) is 16.9. The van der Waals surface area contributed by atoms with Crippen LogP contribution in [0.15, 0.2) is 12.1 Å². The van der Waals surface area contributed by atoms with Crippen LogP contribution in [-0.4, -0.2) is 30.3 Å². The van der Waals surface area contributed by atoms with Crippen LogP contribution in [0.4, 0.5) is 5.13 Å². The maximum atomic E-state index is 12.4. The highest BCUT2D eigenvalue weighted by atomic mass is 127. The van der Waals surface area contributed by atoms with Gasteiger partial charge in [-0.1, -0.05) is 18.3 Å². The van der Waals surface area contributed by atoms with Crippen molar-refractivity contribution >= 4 is 45.0 Å². The zero-order valence-electron chi connectivity index (χ0n) is 12.5. The molecule has 2 rings (SSSR count). The highest BCUT2D eigenvalue weighted by molar-refractivity contribution is 14.1. The Morgan fingerprint density at radius 3 is 2.59 bits per heavy atom. The Kier molecular flexibility index (Phi) is 5.95. The molecule has 1 amide bonds. The van der Waals surface area contributed by atoms with Gasteiger partial charge >= 0.3 is 0 Å².